The summed E-state index contributed by atoms with van der Waals surface area (Å²) in [6, 6.07) is 15.5. The quantitative estimate of drug-likeness (QED) is 0.276. The summed E-state index contributed by atoms with van der Waals surface area (Å²) in [5, 5.41) is 3.35. The molecule has 4 aromatic rings. The van der Waals surface area contributed by atoms with Crippen molar-refractivity contribution in [3.05, 3.63) is 66.0 Å². The van der Waals surface area contributed by atoms with Crippen LogP contribution in [0, 0.1) is 12.8 Å². The molecule has 13 heteroatoms. The van der Waals surface area contributed by atoms with Crippen molar-refractivity contribution in [2.45, 2.75) is 50.0 Å². The second kappa shape index (κ2) is 12.5. The normalized spacial score (nSPS) is 19.7. The number of ether oxygens (including phenoxy) is 1. The number of nitrogens with zero attached hydrogens (tertiary/aromatic N) is 5. The highest BCUT2D eigenvalue weighted by Gasteiger charge is 2.27. The van der Waals surface area contributed by atoms with E-state index in [1.165, 1.54) is 4.57 Å². The minimum Gasteiger partial charge on any atom is -0.378 e. The maximum atomic E-state index is 14.1. The molecule has 1 saturated heterocycles. The number of aryl methyl sites for hydroxylation is 1. The number of hydrogen-bond donors (Lipinski definition) is 2. The van der Waals surface area contributed by atoms with Crippen LogP contribution in [0.5, 0.6) is 0 Å². The third-order valence-electron chi connectivity index (χ3n) is 8.09. The van der Waals surface area contributed by atoms with E-state index in [0.29, 0.717) is 61.5 Å². The van der Waals surface area contributed by atoms with Crippen molar-refractivity contribution >= 4 is 32.8 Å². The zero-order valence-corrected chi connectivity index (χ0v) is 24.7. The van der Waals surface area contributed by atoms with Crippen molar-refractivity contribution in [1.29, 1.82) is 0 Å². The first-order valence-electron chi connectivity index (χ1n) is 14.6. The molecule has 0 amide bonds. The summed E-state index contributed by atoms with van der Waals surface area (Å²) in [5.74, 6) is 1.20. The molecule has 6 rings (SSSR count). The van der Waals surface area contributed by atoms with Crippen molar-refractivity contribution in [3.8, 4) is 5.82 Å². The van der Waals surface area contributed by atoms with Gasteiger partial charge in [0.2, 0.25) is 16.0 Å². The number of fused-ring (bicyclic) bond motifs is 1. The van der Waals surface area contributed by atoms with Crippen LogP contribution in [-0.2, 0) is 14.8 Å². The van der Waals surface area contributed by atoms with E-state index >= 15 is 0 Å². The predicted octanol–water partition coefficient (Wildman–Crippen LogP) is 4.85. The molecule has 1 aliphatic carbocycles. The van der Waals surface area contributed by atoms with Crippen LogP contribution in [0.25, 0.3) is 16.9 Å². The number of aromatic nitrogens is 4. The average Bonchev–Trinajstić information content (AvgIpc) is 3.41. The van der Waals surface area contributed by atoms with Crippen LogP contribution >= 0.6 is 0 Å². The molecule has 0 radical (unpaired) electrons. The van der Waals surface area contributed by atoms with E-state index < -0.39 is 16.4 Å². The van der Waals surface area contributed by atoms with Crippen molar-refractivity contribution in [1.82, 2.24) is 24.2 Å². The highest BCUT2D eigenvalue weighted by Crippen LogP contribution is 2.30. The second-order valence-corrected chi connectivity index (χ2v) is 12.8. The zero-order chi connectivity index (χ0) is 30.0. The minimum atomic E-state index is -3.58. The molecule has 2 aliphatic rings. The van der Waals surface area contributed by atoms with Gasteiger partial charge in [-0.15, -0.1) is 0 Å². The van der Waals surface area contributed by atoms with Crippen molar-refractivity contribution in [2.75, 3.05) is 43.1 Å². The Bertz CT molecular complexity index is 1670. The van der Waals surface area contributed by atoms with Crippen molar-refractivity contribution in [3.63, 3.8) is 0 Å². The van der Waals surface area contributed by atoms with Gasteiger partial charge in [-0.25, -0.2) is 26.9 Å². The molecule has 0 spiro atoms. The fourth-order valence-electron chi connectivity index (χ4n) is 5.73. The Hall–Kier alpha value is -3.68. The average molecular weight is 612 g/mol. The summed E-state index contributed by atoms with van der Waals surface area (Å²) in [4.78, 5) is 15.9. The van der Waals surface area contributed by atoms with Gasteiger partial charge in [0.1, 0.15) is 11.6 Å². The number of imidazole rings is 1. The van der Waals surface area contributed by atoms with Gasteiger partial charge in [-0.05, 0) is 62.8 Å². The van der Waals surface area contributed by atoms with Crippen LogP contribution in [0.1, 0.15) is 43.5 Å². The fourth-order valence-corrected chi connectivity index (χ4v) is 7.03. The Morgan fingerprint density at radius 1 is 0.953 bits per heavy atom. The number of rotatable bonds is 9. The largest absolute Gasteiger partial charge is 0.378 e. The van der Waals surface area contributed by atoms with Crippen LogP contribution < -0.4 is 14.9 Å². The second-order valence-electron chi connectivity index (χ2n) is 11.1. The van der Waals surface area contributed by atoms with Crippen molar-refractivity contribution in [2.24, 2.45) is 5.92 Å². The number of para-hydroxylation sites is 2. The van der Waals surface area contributed by atoms with Crippen LogP contribution in [0.2, 0.25) is 0 Å². The minimum absolute atomic E-state index is 0.127. The van der Waals surface area contributed by atoms with Gasteiger partial charge in [0, 0.05) is 31.7 Å². The van der Waals surface area contributed by atoms with Crippen LogP contribution in [-0.4, -0.2) is 66.8 Å². The number of anilines is 2. The van der Waals surface area contributed by atoms with Gasteiger partial charge in [0.05, 0.1) is 29.1 Å². The molecule has 2 fully saturated rings. The molecule has 1 aliphatic heterocycles. The summed E-state index contributed by atoms with van der Waals surface area (Å²) in [6.45, 7) is 4.86. The summed E-state index contributed by atoms with van der Waals surface area (Å²) in [6.07, 6.45) is 0.299. The Morgan fingerprint density at radius 2 is 1.65 bits per heavy atom. The molecule has 2 aromatic heterocycles. The van der Waals surface area contributed by atoms with E-state index in [0.717, 1.165) is 31.2 Å². The predicted molar refractivity (Wildman–Crippen MR) is 160 cm³/mol. The number of morpholine rings is 1. The molecule has 43 heavy (non-hydrogen) atoms. The van der Waals surface area contributed by atoms with Gasteiger partial charge in [-0.3, -0.25) is 4.57 Å². The Morgan fingerprint density at radius 3 is 2.37 bits per heavy atom. The molecule has 3 heterocycles. The highest BCUT2D eigenvalue weighted by molar-refractivity contribution is 7.89. The SMILES string of the molecule is Cc1ccc(S(=O)(=O)N[C@H]2CC[C@H](CNc3nc(N4CCOCC4)cc(-n4c(C(F)F)nc5ccccc54)n3)CC2)cc1. The number of sulfonamides is 1. The topological polar surface area (TPSA) is 114 Å². The van der Waals surface area contributed by atoms with Gasteiger partial charge in [0.15, 0.2) is 5.82 Å². The molecular weight excluding hydrogens is 576 g/mol. The third kappa shape index (κ3) is 6.63. The molecule has 1 saturated carbocycles. The van der Waals surface area contributed by atoms with E-state index in [-0.39, 0.29) is 22.7 Å². The summed E-state index contributed by atoms with van der Waals surface area (Å²) < 4.78 is 63.7. The lowest BCUT2D eigenvalue weighted by atomic mass is 9.86. The van der Waals surface area contributed by atoms with E-state index in [1.54, 1.807) is 54.6 Å². The van der Waals surface area contributed by atoms with Crippen LogP contribution in [0.4, 0.5) is 20.5 Å². The van der Waals surface area contributed by atoms with E-state index in [2.05, 4.69) is 24.9 Å². The molecule has 228 valence electrons. The van der Waals surface area contributed by atoms with Gasteiger partial charge in [0.25, 0.3) is 6.43 Å². The maximum Gasteiger partial charge on any atom is 0.296 e. The summed E-state index contributed by atoms with van der Waals surface area (Å²) in [5.41, 5.74) is 2.02. The van der Waals surface area contributed by atoms with Gasteiger partial charge in [-0.1, -0.05) is 29.8 Å². The lowest BCUT2D eigenvalue weighted by molar-refractivity contribution is 0.122. The number of halogens is 2. The molecule has 0 atom stereocenters. The Kier molecular flexibility index (Phi) is 8.55. The molecular formula is C30H35F2N7O3S. The molecule has 10 nitrogen and oxygen atoms in total. The lowest BCUT2D eigenvalue weighted by Crippen LogP contribution is -2.38. The fraction of sp³-hybridized carbons (Fsp3) is 0.433. The lowest BCUT2D eigenvalue weighted by Gasteiger charge is -2.30. The first-order chi connectivity index (χ1) is 20.8. The van der Waals surface area contributed by atoms with E-state index in [1.807, 2.05) is 6.92 Å². The van der Waals surface area contributed by atoms with Gasteiger partial charge in [-0.2, -0.15) is 9.97 Å². The standard InChI is InChI=1S/C30H35F2N7O3S/c1-20-6-12-23(13-7-20)43(40,41)37-22-10-8-21(9-11-22)19-33-30-35-26(38-14-16-42-17-15-38)18-27(36-30)39-25-5-3-2-4-24(25)34-29(39)28(31)32/h2-7,12-13,18,21-22,28,37H,8-11,14-17,19H2,1H3,(H,33,35,36)/t21-,22-. The number of hydrogen-bond acceptors (Lipinski definition) is 8. The van der Waals surface area contributed by atoms with E-state index in [4.69, 9.17) is 9.72 Å². The number of alkyl halides is 2. The highest BCUT2D eigenvalue weighted by atomic mass is 32.2. The first-order valence-corrected chi connectivity index (χ1v) is 16.1. The van der Waals surface area contributed by atoms with E-state index in [9.17, 15) is 17.2 Å². The smallest absolute Gasteiger partial charge is 0.296 e. The molecule has 2 N–H and O–H groups in total. The summed E-state index contributed by atoms with van der Waals surface area (Å²) in [7, 11) is -3.58. The molecule has 0 bridgehead atoms. The maximum absolute atomic E-state index is 14.1. The van der Waals surface area contributed by atoms with Crippen LogP contribution in [0.15, 0.2) is 59.5 Å². The first kappa shape index (κ1) is 29.4. The van der Waals surface area contributed by atoms with Crippen molar-refractivity contribution < 1.29 is 21.9 Å². The Labute approximate surface area is 249 Å². The third-order valence-corrected chi connectivity index (χ3v) is 9.63. The number of benzene rings is 2. The Balaban J connectivity index is 1.18. The summed E-state index contributed by atoms with van der Waals surface area (Å²) >= 11 is 0. The van der Waals surface area contributed by atoms with Crippen LogP contribution in [0.3, 0.4) is 0 Å². The molecule has 2 aromatic carbocycles. The number of nitrogens with one attached hydrogen (secondary N) is 2. The molecule has 0 unspecified atom stereocenters. The van der Waals surface area contributed by atoms with Gasteiger partial charge >= 0.3 is 0 Å². The monoisotopic (exact) mass is 611 g/mol. The van der Waals surface area contributed by atoms with Gasteiger partial charge < -0.3 is 15.0 Å². The zero-order valence-electron chi connectivity index (χ0n) is 23.9.